The van der Waals surface area contributed by atoms with E-state index in [2.05, 4.69) is 98.9 Å². The summed E-state index contributed by atoms with van der Waals surface area (Å²) in [4.78, 5) is 0. The van der Waals surface area contributed by atoms with Crippen LogP contribution >= 0.6 is 11.6 Å². The molecule has 1 aliphatic rings. The fraction of sp³-hybridized carbons (Fsp3) is 0.308. The molecule has 156 valence electrons. The van der Waals surface area contributed by atoms with Gasteiger partial charge in [0.05, 0.1) is 0 Å². The van der Waals surface area contributed by atoms with E-state index in [4.69, 9.17) is 16.0 Å². The number of rotatable bonds is 5. The lowest BCUT2D eigenvalue weighted by atomic mass is 9.95. The molecule has 0 unspecified atom stereocenters. The van der Waals surface area contributed by atoms with Crippen molar-refractivity contribution in [2.24, 2.45) is 5.92 Å². The zero-order chi connectivity index (χ0) is 21.2. The number of benzene rings is 3. The van der Waals surface area contributed by atoms with Crippen molar-refractivity contribution >= 4 is 36.0 Å². The molecule has 0 spiro atoms. The van der Waals surface area contributed by atoms with Crippen LogP contribution in [0, 0.1) is 5.92 Å². The van der Waals surface area contributed by atoms with Gasteiger partial charge in [0.2, 0.25) is 0 Å². The molecule has 2 nitrogen and oxygen atoms in total. The van der Waals surface area contributed by atoms with E-state index < -0.39 is 8.32 Å². The van der Waals surface area contributed by atoms with E-state index in [1.54, 1.807) is 0 Å². The fourth-order valence-electron chi connectivity index (χ4n) is 4.66. The summed E-state index contributed by atoms with van der Waals surface area (Å²) in [6, 6.07) is 27.8. The summed E-state index contributed by atoms with van der Waals surface area (Å²) >= 11 is 6.24. The monoisotopic (exact) mass is 435 g/mol. The summed E-state index contributed by atoms with van der Waals surface area (Å²) in [5.41, 5.74) is 2.48. The average molecular weight is 436 g/mol. The van der Waals surface area contributed by atoms with E-state index >= 15 is 0 Å². The Hall–Kier alpha value is -2.07. The van der Waals surface area contributed by atoms with Gasteiger partial charge in [-0.25, -0.2) is 0 Å². The molecule has 0 aliphatic carbocycles. The number of fused-ring (bicyclic) bond motifs is 1. The van der Waals surface area contributed by atoms with Crippen molar-refractivity contribution in [3.05, 3.63) is 89.4 Å². The van der Waals surface area contributed by atoms with Crippen LogP contribution in [-0.4, -0.2) is 21.5 Å². The molecule has 30 heavy (non-hydrogen) atoms. The largest absolute Gasteiger partial charge is 0.407 e. The minimum absolute atomic E-state index is 0.000975. The molecule has 3 aromatic carbocycles. The Morgan fingerprint density at radius 3 is 2.10 bits per heavy atom. The molecule has 0 amide bonds. The van der Waals surface area contributed by atoms with Crippen LogP contribution in [0.1, 0.15) is 26.3 Å². The van der Waals surface area contributed by atoms with Crippen LogP contribution < -0.4 is 15.7 Å². The first-order valence-corrected chi connectivity index (χ1v) is 13.0. The SMILES string of the molecule is CC(C)(C)[Si](OC[C@@H]1CNc2ccc(Cl)cc2C1)(c1ccccc1)c1ccccc1. The van der Waals surface area contributed by atoms with Crippen LogP contribution in [0.5, 0.6) is 0 Å². The number of hydrogen-bond acceptors (Lipinski definition) is 2. The molecule has 0 saturated carbocycles. The van der Waals surface area contributed by atoms with Gasteiger partial charge in [0, 0.05) is 29.8 Å². The second kappa shape index (κ2) is 8.58. The third-order valence-electron chi connectivity index (χ3n) is 6.11. The molecule has 4 rings (SSSR count). The standard InChI is InChI=1S/C26H30ClNOSi/c1-26(2,3)30(23-10-6-4-7-11-23,24-12-8-5-9-13-24)29-19-20-16-21-17-22(27)14-15-25(21)28-18-20/h4-15,17,20,28H,16,18-19H2,1-3H3/t20-/m0/s1. The van der Waals surface area contributed by atoms with Crippen LogP contribution in [0.25, 0.3) is 0 Å². The van der Waals surface area contributed by atoms with Crippen LogP contribution in [0.15, 0.2) is 78.9 Å². The van der Waals surface area contributed by atoms with Gasteiger partial charge in [-0.1, -0.05) is 93.0 Å². The van der Waals surface area contributed by atoms with E-state index in [1.165, 1.54) is 21.6 Å². The summed E-state index contributed by atoms with van der Waals surface area (Å²) in [6.45, 7) is 8.63. The Morgan fingerprint density at radius 2 is 1.53 bits per heavy atom. The van der Waals surface area contributed by atoms with Gasteiger partial charge in [-0.05, 0) is 45.6 Å². The molecule has 1 heterocycles. The number of nitrogens with one attached hydrogen (secondary N) is 1. The molecule has 0 fully saturated rings. The van der Waals surface area contributed by atoms with Crippen molar-refractivity contribution < 1.29 is 4.43 Å². The van der Waals surface area contributed by atoms with E-state index in [9.17, 15) is 0 Å². The average Bonchev–Trinajstić information content (AvgIpc) is 2.74. The highest BCUT2D eigenvalue weighted by atomic mass is 35.5. The molecule has 1 atom stereocenters. The molecule has 0 aromatic heterocycles. The van der Waals surface area contributed by atoms with Crippen LogP contribution in [0.2, 0.25) is 10.1 Å². The Balaban J connectivity index is 1.67. The van der Waals surface area contributed by atoms with Crippen molar-refractivity contribution in [2.45, 2.75) is 32.2 Å². The Labute approximate surface area is 186 Å². The lowest BCUT2D eigenvalue weighted by molar-refractivity contribution is 0.238. The molecule has 0 saturated heterocycles. The van der Waals surface area contributed by atoms with Crippen molar-refractivity contribution in [1.29, 1.82) is 0 Å². The van der Waals surface area contributed by atoms with Gasteiger partial charge in [0.15, 0.2) is 0 Å². The van der Waals surface area contributed by atoms with Gasteiger partial charge in [0.1, 0.15) is 0 Å². The Kier molecular flexibility index (Phi) is 6.06. The van der Waals surface area contributed by atoms with Crippen molar-refractivity contribution in [2.75, 3.05) is 18.5 Å². The molecule has 1 N–H and O–H groups in total. The normalized spacial score (nSPS) is 16.6. The van der Waals surface area contributed by atoms with Crippen LogP contribution in [0.3, 0.4) is 0 Å². The summed E-state index contributed by atoms with van der Waals surface area (Å²) in [5.74, 6) is 0.414. The van der Waals surface area contributed by atoms with Crippen molar-refractivity contribution in [3.8, 4) is 0 Å². The minimum Gasteiger partial charge on any atom is -0.407 e. The first-order chi connectivity index (χ1) is 14.4. The zero-order valence-corrected chi connectivity index (χ0v) is 19.7. The van der Waals surface area contributed by atoms with Crippen molar-refractivity contribution in [3.63, 3.8) is 0 Å². The third-order valence-corrected chi connectivity index (χ3v) is 11.3. The Morgan fingerprint density at radius 1 is 0.933 bits per heavy atom. The van der Waals surface area contributed by atoms with Gasteiger partial charge >= 0.3 is 0 Å². The summed E-state index contributed by atoms with van der Waals surface area (Å²) in [6.07, 6.45) is 0.987. The third kappa shape index (κ3) is 4.07. The van der Waals surface area contributed by atoms with E-state index in [0.717, 1.165) is 24.6 Å². The predicted octanol–water partition coefficient (Wildman–Crippen LogP) is 5.50. The second-order valence-electron chi connectivity index (χ2n) is 9.23. The molecular weight excluding hydrogens is 406 g/mol. The molecule has 1 aliphatic heterocycles. The quantitative estimate of drug-likeness (QED) is 0.534. The summed E-state index contributed by atoms with van der Waals surface area (Å²) < 4.78 is 7.12. The maximum atomic E-state index is 7.12. The lowest BCUT2D eigenvalue weighted by Crippen LogP contribution is -2.67. The van der Waals surface area contributed by atoms with E-state index in [0.29, 0.717) is 5.92 Å². The molecule has 4 heteroatoms. The topological polar surface area (TPSA) is 21.3 Å². The van der Waals surface area contributed by atoms with Gasteiger partial charge in [0.25, 0.3) is 8.32 Å². The smallest absolute Gasteiger partial charge is 0.261 e. The van der Waals surface area contributed by atoms with Gasteiger partial charge < -0.3 is 9.74 Å². The van der Waals surface area contributed by atoms with E-state index in [1.807, 2.05) is 6.07 Å². The predicted molar refractivity (Wildman–Crippen MR) is 131 cm³/mol. The highest BCUT2D eigenvalue weighted by Crippen LogP contribution is 2.37. The van der Waals surface area contributed by atoms with Gasteiger partial charge in [-0.2, -0.15) is 0 Å². The molecule has 0 bridgehead atoms. The second-order valence-corrected chi connectivity index (χ2v) is 14.0. The van der Waals surface area contributed by atoms with Crippen LogP contribution in [-0.2, 0) is 10.8 Å². The maximum Gasteiger partial charge on any atom is 0.261 e. The van der Waals surface area contributed by atoms with Crippen LogP contribution in [0.4, 0.5) is 5.69 Å². The summed E-state index contributed by atoms with van der Waals surface area (Å²) in [7, 11) is -2.49. The lowest BCUT2D eigenvalue weighted by Gasteiger charge is -2.44. The number of halogens is 1. The van der Waals surface area contributed by atoms with Gasteiger partial charge in [-0.15, -0.1) is 0 Å². The highest BCUT2D eigenvalue weighted by Gasteiger charge is 2.50. The maximum absolute atomic E-state index is 7.12. The zero-order valence-electron chi connectivity index (χ0n) is 18.0. The van der Waals surface area contributed by atoms with Crippen molar-refractivity contribution in [1.82, 2.24) is 0 Å². The molecule has 0 radical (unpaired) electrons. The van der Waals surface area contributed by atoms with Gasteiger partial charge in [-0.3, -0.25) is 0 Å². The fourth-order valence-corrected chi connectivity index (χ4v) is 9.50. The minimum atomic E-state index is -2.49. The summed E-state index contributed by atoms with van der Waals surface area (Å²) in [5, 5.41) is 7.02. The first-order valence-electron chi connectivity index (χ1n) is 10.7. The van der Waals surface area contributed by atoms with E-state index in [-0.39, 0.29) is 5.04 Å². The molecular formula is C26H30ClNOSi. The number of hydrogen-bond donors (Lipinski definition) is 1. The highest BCUT2D eigenvalue weighted by molar-refractivity contribution is 6.99. The Bertz CT molecular complexity index is 945. The molecule has 3 aromatic rings. The first kappa shape index (κ1) is 21.2. The number of anilines is 1.